The number of carbonyl (C=O) groups excluding carboxylic acids is 1. The van der Waals surface area contributed by atoms with Crippen LogP contribution in [0.1, 0.15) is 27.0 Å². The van der Waals surface area contributed by atoms with Crippen LogP contribution in [0.25, 0.3) is 6.08 Å². The average molecular weight is 538 g/mol. The Morgan fingerprint density at radius 1 is 1.09 bits per heavy atom. The van der Waals surface area contributed by atoms with Gasteiger partial charge in [0.2, 0.25) is 0 Å². The molecule has 32 heavy (non-hydrogen) atoms. The van der Waals surface area contributed by atoms with Crippen LogP contribution in [0, 0.1) is 21.8 Å². The molecule has 1 amide bonds. The number of halogens is 1. The van der Waals surface area contributed by atoms with E-state index in [0.29, 0.717) is 17.0 Å². The van der Waals surface area contributed by atoms with Gasteiger partial charge in [0.25, 0.3) is 5.91 Å². The molecule has 0 fully saturated rings. The van der Waals surface area contributed by atoms with Gasteiger partial charge in [-0.1, -0.05) is 35.9 Å². The van der Waals surface area contributed by atoms with Crippen LogP contribution in [-0.4, -0.2) is 17.0 Å². The minimum atomic E-state index is -0.972. The Hall–Kier alpha value is -3.64. The number of ether oxygens (including phenoxy) is 1. The van der Waals surface area contributed by atoms with Gasteiger partial charge in [-0.25, -0.2) is 4.79 Å². The van der Waals surface area contributed by atoms with Gasteiger partial charge >= 0.3 is 5.97 Å². The predicted octanol–water partition coefficient (Wildman–Crippen LogP) is 5.42. The van der Waals surface area contributed by atoms with Crippen LogP contribution in [0.4, 0.5) is 5.69 Å². The van der Waals surface area contributed by atoms with Crippen molar-refractivity contribution in [2.45, 2.75) is 13.5 Å². The number of nitriles is 1. The van der Waals surface area contributed by atoms with E-state index in [4.69, 9.17) is 9.84 Å². The summed E-state index contributed by atoms with van der Waals surface area (Å²) >= 11 is 2.13. The summed E-state index contributed by atoms with van der Waals surface area (Å²) < 4.78 is 6.64. The molecule has 3 rings (SSSR count). The molecule has 160 valence electrons. The average Bonchev–Trinajstić information content (AvgIpc) is 2.78. The second kappa shape index (κ2) is 10.6. The van der Waals surface area contributed by atoms with E-state index in [1.807, 2.05) is 31.2 Å². The van der Waals surface area contributed by atoms with Gasteiger partial charge in [-0.15, -0.1) is 0 Å². The Balaban J connectivity index is 1.67. The number of benzene rings is 3. The molecule has 0 heterocycles. The maximum absolute atomic E-state index is 12.4. The smallest absolute Gasteiger partial charge is 0.335 e. The highest BCUT2D eigenvalue weighted by Gasteiger charge is 2.11. The fourth-order valence-electron chi connectivity index (χ4n) is 2.78. The second-order valence-electron chi connectivity index (χ2n) is 6.97. The van der Waals surface area contributed by atoms with Gasteiger partial charge in [0.15, 0.2) is 0 Å². The number of carboxylic acid groups (broad SMARTS) is 1. The molecular weight excluding hydrogens is 519 g/mol. The molecule has 7 heteroatoms. The second-order valence-corrected chi connectivity index (χ2v) is 8.13. The zero-order valence-corrected chi connectivity index (χ0v) is 19.3. The van der Waals surface area contributed by atoms with E-state index in [1.54, 1.807) is 36.4 Å². The van der Waals surface area contributed by atoms with E-state index in [2.05, 4.69) is 27.9 Å². The molecule has 0 radical (unpaired) electrons. The number of hydrogen-bond acceptors (Lipinski definition) is 4. The zero-order valence-electron chi connectivity index (χ0n) is 17.1. The maximum atomic E-state index is 12.4. The highest BCUT2D eigenvalue weighted by Crippen LogP contribution is 2.24. The lowest BCUT2D eigenvalue weighted by atomic mass is 10.1. The molecule has 0 saturated carbocycles. The monoisotopic (exact) mass is 538 g/mol. The molecule has 0 aromatic heterocycles. The predicted molar refractivity (Wildman–Crippen MR) is 130 cm³/mol. The summed E-state index contributed by atoms with van der Waals surface area (Å²) in [6, 6.07) is 21.1. The van der Waals surface area contributed by atoms with Crippen molar-refractivity contribution in [1.82, 2.24) is 0 Å². The van der Waals surface area contributed by atoms with Gasteiger partial charge in [0.05, 0.1) is 9.13 Å². The molecule has 3 aromatic rings. The largest absolute Gasteiger partial charge is 0.488 e. The zero-order chi connectivity index (χ0) is 23.1. The molecule has 2 N–H and O–H groups in total. The van der Waals surface area contributed by atoms with Crippen molar-refractivity contribution < 1.29 is 19.4 Å². The molecule has 0 spiro atoms. The minimum Gasteiger partial charge on any atom is -0.488 e. The number of aryl methyl sites for hydroxylation is 1. The van der Waals surface area contributed by atoms with E-state index >= 15 is 0 Å². The van der Waals surface area contributed by atoms with E-state index < -0.39 is 11.9 Å². The number of nitrogens with one attached hydrogen (secondary N) is 1. The summed E-state index contributed by atoms with van der Waals surface area (Å²) in [5.74, 6) is -0.802. The molecule has 0 saturated heterocycles. The molecular formula is C25H19IN2O4. The Morgan fingerprint density at radius 3 is 2.38 bits per heavy atom. The van der Waals surface area contributed by atoms with Crippen molar-refractivity contribution in [2.24, 2.45) is 0 Å². The van der Waals surface area contributed by atoms with Crippen molar-refractivity contribution in [1.29, 1.82) is 5.26 Å². The van der Waals surface area contributed by atoms with Gasteiger partial charge in [-0.3, -0.25) is 4.79 Å². The summed E-state index contributed by atoms with van der Waals surface area (Å²) in [7, 11) is 0. The first-order chi connectivity index (χ1) is 15.4. The van der Waals surface area contributed by atoms with E-state index in [1.165, 1.54) is 18.2 Å². The lowest BCUT2D eigenvalue weighted by Gasteiger charge is -2.10. The van der Waals surface area contributed by atoms with Gasteiger partial charge in [0.1, 0.15) is 24.0 Å². The fraction of sp³-hybridized carbons (Fsp3) is 0.0800. The Kier molecular flexibility index (Phi) is 7.63. The van der Waals surface area contributed by atoms with E-state index in [9.17, 15) is 14.9 Å². The highest BCUT2D eigenvalue weighted by atomic mass is 127. The number of carboxylic acids is 1. The number of rotatable bonds is 7. The number of carbonyl (C=O) groups is 2. The lowest BCUT2D eigenvalue weighted by Crippen LogP contribution is -2.13. The third kappa shape index (κ3) is 6.18. The highest BCUT2D eigenvalue weighted by molar-refractivity contribution is 14.1. The molecule has 0 aliphatic carbocycles. The standard InChI is InChI=1S/C25H19IN2O4/c1-16-2-9-21(10-3-16)28-24(29)20(14-27)12-18-6-11-23(22(26)13-18)32-15-17-4-7-19(8-5-17)25(30)31/h2-13H,15H2,1H3,(H,28,29)(H,30,31)/b20-12-. The van der Waals surface area contributed by atoms with Crippen molar-refractivity contribution in [2.75, 3.05) is 5.32 Å². The van der Waals surface area contributed by atoms with Crippen molar-refractivity contribution in [3.05, 3.63) is 98.1 Å². The molecule has 0 bridgehead atoms. The Labute approximate surface area is 199 Å². The SMILES string of the molecule is Cc1ccc(NC(=O)/C(C#N)=C\c2ccc(OCc3ccc(C(=O)O)cc3)c(I)c2)cc1. The molecule has 6 nitrogen and oxygen atoms in total. The van der Waals surface area contributed by atoms with Crippen LogP contribution in [0.5, 0.6) is 5.75 Å². The van der Waals surface area contributed by atoms with Crippen LogP contribution in [-0.2, 0) is 11.4 Å². The number of anilines is 1. The quantitative estimate of drug-likeness (QED) is 0.238. The number of aromatic carboxylic acids is 1. The summed E-state index contributed by atoms with van der Waals surface area (Å²) in [5.41, 5.74) is 3.45. The van der Waals surface area contributed by atoms with Crippen molar-refractivity contribution >= 4 is 46.2 Å². The molecule has 0 atom stereocenters. The van der Waals surface area contributed by atoms with Gasteiger partial charge in [-0.05, 0) is 83.1 Å². The maximum Gasteiger partial charge on any atom is 0.335 e. The minimum absolute atomic E-state index is 0.00596. The first-order valence-corrected chi connectivity index (χ1v) is 10.7. The van der Waals surface area contributed by atoms with Crippen LogP contribution in [0.3, 0.4) is 0 Å². The molecule has 3 aromatic carbocycles. The van der Waals surface area contributed by atoms with Crippen LogP contribution < -0.4 is 10.1 Å². The topological polar surface area (TPSA) is 99.4 Å². The van der Waals surface area contributed by atoms with Crippen LogP contribution >= 0.6 is 22.6 Å². The summed E-state index contributed by atoms with van der Waals surface area (Å²) in [4.78, 5) is 23.4. The number of hydrogen-bond donors (Lipinski definition) is 2. The van der Waals surface area contributed by atoms with Crippen molar-refractivity contribution in [3.8, 4) is 11.8 Å². The van der Waals surface area contributed by atoms with E-state index in [-0.39, 0.29) is 17.7 Å². The number of nitrogens with zero attached hydrogens (tertiary/aromatic N) is 1. The van der Waals surface area contributed by atoms with Gasteiger partial charge in [-0.2, -0.15) is 5.26 Å². The van der Waals surface area contributed by atoms with Gasteiger partial charge in [0, 0.05) is 5.69 Å². The molecule has 0 aliphatic rings. The lowest BCUT2D eigenvalue weighted by molar-refractivity contribution is -0.112. The Morgan fingerprint density at radius 2 is 1.78 bits per heavy atom. The van der Waals surface area contributed by atoms with E-state index in [0.717, 1.165) is 14.7 Å². The molecule has 0 aliphatic heterocycles. The normalized spacial score (nSPS) is 10.8. The summed E-state index contributed by atoms with van der Waals surface area (Å²) in [6.07, 6.45) is 1.53. The third-order valence-electron chi connectivity index (χ3n) is 4.54. The Bertz CT molecular complexity index is 1210. The summed E-state index contributed by atoms with van der Waals surface area (Å²) in [5, 5.41) is 21.1. The van der Waals surface area contributed by atoms with Crippen LogP contribution in [0.15, 0.2) is 72.3 Å². The fourth-order valence-corrected chi connectivity index (χ4v) is 3.47. The molecule has 0 unspecified atom stereocenters. The van der Waals surface area contributed by atoms with Gasteiger partial charge < -0.3 is 15.2 Å². The summed E-state index contributed by atoms with van der Waals surface area (Å²) in [6.45, 7) is 2.24. The third-order valence-corrected chi connectivity index (χ3v) is 5.38. The van der Waals surface area contributed by atoms with Crippen molar-refractivity contribution in [3.63, 3.8) is 0 Å². The first-order valence-electron chi connectivity index (χ1n) is 9.60. The first kappa shape index (κ1) is 23.0. The number of amides is 1. The van der Waals surface area contributed by atoms with Crippen LogP contribution in [0.2, 0.25) is 0 Å².